The minimum absolute atomic E-state index is 0.0500. The van der Waals surface area contributed by atoms with Crippen LogP contribution in [0.25, 0.3) is 0 Å². The second-order valence-electron chi connectivity index (χ2n) is 8.15. The Bertz CT molecular complexity index is 603. The van der Waals surface area contributed by atoms with Gasteiger partial charge in [-0.25, -0.2) is 0 Å². The normalized spacial score (nSPS) is 33.1. The molecule has 1 saturated heterocycles. The summed E-state index contributed by atoms with van der Waals surface area (Å²) in [6.45, 7) is 3.27. The third-order valence-corrected chi connectivity index (χ3v) is 6.06. The lowest BCUT2D eigenvalue weighted by molar-refractivity contribution is -0.140. The zero-order valence-electron chi connectivity index (χ0n) is 16.5. The van der Waals surface area contributed by atoms with Crippen LogP contribution in [0.5, 0.6) is 0 Å². The van der Waals surface area contributed by atoms with Crippen LogP contribution in [-0.2, 0) is 14.4 Å². The number of carbonyl (C=O) groups is 3. The minimum Gasteiger partial charge on any atom is -0.354 e. The molecule has 6 nitrogen and oxygen atoms in total. The molecule has 1 aliphatic carbocycles. The lowest BCUT2D eigenvalue weighted by Gasteiger charge is -2.27. The molecule has 27 heavy (non-hydrogen) atoms. The summed E-state index contributed by atoms with van der Waals surface area (Å²) in [7, 11) is 0. The fourth-order valence-electron chi connectivity index (χ4n) is 4.32. The van der Waals surface area contributed by atoms with E-state index in [0.29, 0.717) is 32.4 Å². The molecule has 3 rings (SSSR count). The van der Waals surface area contributed by atoms with Gasteiger partial charge in [-0.05, 0) is 44.9 Å². The van der Waals surface area contributed by atoms with E-state index in [1.54, 1.807) is 4.90 Å². The molecule has 3 aliphatic rings. The summed E-state index contributed by atoms with van der Waals surface area (Å²) in [4.78, 5) is 40.1. The number of hydrogen-bond donors (Lipinski definition) is 2. The van der Waals surface area contributed by atoms with E-state index < -0.39 is 11.6 Å². The van der Waals surface area contributed by atoms with E-state index in [4.69, 9.17) is 0 Å². The highest BCUT2D eigenvalue weighted by Crippen LogP contribution is 2.45. The predicted octanol–water partition coefficient (Wildman–Crippen LogP) is 2.29. The summed E-state index contributed by atoms with van der Waals surface area (Å²) in [5.41, 5.74) is -0.833. The Kier molecular flexibility index (Phi) is 6.55. The highest BCUT2D eigenvalue weighted by Gasteiger charge is 2.60. The average Bonchev–Trinajstić information content (AvgIpc) is 3.12. The van der Waals surface area contributed by atoms with Gasteiger partial charge in [-0.1, -0.05) is 31.9 Å². The quantitative estimate of drug-likeness (QED) is 0.743. The van der Waals surface area contributed by atoms with E-state index in [0.717, 1.165) is 44.9 Å². The Balaban J connectivity index is 1.77. The van der Waals surface area contributed by atoms with Crippen LogP contribution in [0.4, 0.5) is 0 Å². The summed E-state index contributed by atoms with van der Waals surface area (Å²) in [6.07, 6.45) is 13.0. The molecule has 6 heteroatoms. The smallest absolute Gasteiger partial charge is 0.246 e. The molecular formula is C21H33N3O3. The molecule has 0 bridgehead atoms. The van der Waals surface area contributed by atoms with E-state index in [9.17, 15) is 14.4 Å². The van der Waals surface area contributed by atoms with Crippen molar-refractivity contribution in [3.8, 4) is 0 Å². The first-order chi connectivity index (χ1) is 13.1. The van der Waals surface area contributed by atoms with Gasteiger partial charge in [0.2, 0.25) is 17.7 Å². The van der Waals surface area contributed by atoms with Crippen molar-refractivity contribution < 1.29 is 14.4 Å². The summed E-state index contributed by atoms with van der Waals surface area (Å²) in [5, 5.41) is 5.99. The first-order valence-corrected chi connectivity index (χ1v) is 10.6. The zero-order valence-corrected chi connectivity index (χ0v) is 16.5. The van der Waals surface area contributed by atoms with E-state index >= 15 is 0 Å². The molecule has 150 valence electrons. The van der Waals surface area contributed by atoms with Gasteiger partial charge in [0.05, 0.1) is 0 Å². The van der Waals surface area contributed by atoms with Gasteiger partial charge >= 0.3 is 0 Å². The summed E-state index contributed by atoms with van der Waals surface area (Å²) in [6, 6.07) is -0.427. The van der Waals surface area contributed by atoms with Crippen LogP contribution in [0, 0.1) is 5.92 Å². The number of fused-ring (bicyclic) bond motifs is 2. The molecule has 3 unspecified atom stereocenters. The van der Waals surface area contributed by atoms with Crippen LogP contribution in [0.3, 0.4) is 0 Å². The van der Waals surface area contributed by atoms with Crippen molar-refractivity contribution >= 4 is 17.7 Å². The summed E-state index contributed by atoms with van der Waals surface area (Å²) >= 11 is 0. The van der Waals surface area contributed by atoms with Crippen molar-refractivity contribution in [2.75, 3.05) is 13.1 Å². The first-order valence-electron chi connectivity index (χ1n) is 10.6. The first kappa shape index (κ1) is 19.9. The third kappa shape index (κ3) is 4.53. The molecule has 0 aromatic rings. The summed E-state index contributed by atoms with van der Waals surface area (Å²) in [5.74, 6) is -0.128. The number of hydrogen-bond acceptors (Lipinski definition) is 3. The van der Waals surface area contributed by atoms with Gasteiger partial charge in [-0.2, -0.15) is 0 Å². The van der Waals surface area contributed by atoms with E-state index in [1.165, 1.54) is 0 Å². The van der Waals surface area contributed by atoms with Gasteiger partial charge in [0, 0.05) is 25.4 Å². The molecule has 0 aromatic carbocycles. The van der Waals surface area contributed by atoms with Crippen molar-refractivity contribution in [3.05, 3.63) is 12.2 Å². The molecular weight excluding hydrogens is 342 g/mol. The van der Waals surface area contributed by atoms with Crippen LogP contribution in [-0.4, -0.2) is 47.3 Å². The Hall–Kier alpha value is -1.85. The average molecular weight is 376 g/mol. The molecule has 0 aromatic heterocycles. The third-order valence-electron chi connectivity index (χ3n) is 6.06. The Morgan fingerprint density at radius 1 is 1.26 bits per heavy atom. The highest BCUT2D eigenvalue weighted by atomic mass is 16.2. The molecule has 2 N–H and O–H groups in total. The lowest BCUT2D eigenvalue weighted by atomic mass is 10.1. The van der Waals surface area contributed by atoms with E-state index in [-0.39, 0.29) is 23.6 Å². The second-order valence-corrected chi connectivity index (χ2v) is 8.15. The molecule has 0 radical (unpaired) electrons. The van der Waals surface area contributed by atoms with E-state index in [1.807, 2.05) is 6.92 Å². The van der Waals surface area contributed by atoms with Crippen molar-refractivity contribution in [1.29, 1.82) is 0 Å². The zero-order chi connectivity index (χ0) is 19.3. The van der Waals surface area contributed by atoms with Crippen LogP contribution >= 0.6 is 0 Å². The Morgan fingerprint density at radius 2 is 2.07 bits per heavy atom. The summed E-state index contributed by atoms with van der Waals surface area (Å²) < 4.78 is 0. The number of carbonyl (C=O) groups excluding carboxylic acids is 3. The molecule has 0 spiro atoms. The SMILES string of the molecule is CCCNC(=O)C12CC1/C=C/CCCCCCC(=O)N1CCCC1C(=O)N2. The van der Waals surface area contributed by atoms with Gasteiger partial charge in [-0.3, -0.25) is 14.4 Å². The molecule has 2 heterocycles. The van der Waals surface area contributed by atoms with Crippen LogP contribution in [0.15, 0.2) is 12.2 Å². The maximum atomic E-state index is 13.0. The Labute approximate surface area is 162 Å². The largest absolute Gasteiger partial charge is 0.354 e. The number of allylic oxidation sites excluding steroid dienone is 1. The van der Waals surface area contributed by atoms with Crippen LogP contribution in [0.2, 0.25) is 0 Å². The molecule has 1 saturated carbocycles. The minimum atomic E-state index is -0.833. The molecule has 2 fully saturated rings. The number of nitrogens with zero attached hydrogens (tertiary/aromatic N) is 1. The standard InChI is InChI=1S/C21H33N3O3/c1-2-13-22-20(27)21-15-16(21)10-7-5-3-4-6-8-12-18(25)24-14-9-11-17(24)19(26)23-21/h7,10,16-17H,2-6,8-9,11-15H2,1H3,(H,22,27)(H,23,26)/b10-7+. The molecule has 2 aliphatic heterocycles. The highest BCUT2D eigenvalue weighted by molar-refractivity contribution is 5.97. The van der Waals surface area contributed by atoms with Crippen LogP contribution < -0.4 is 10.6 Å². The van der Waals surface area contributed by atoms with Crippen LogP contribution in [0.1, 0.15) is 71.1 Å². The molecule has 3 atom stereocenters. The van der Waals surface area contributed by atoms with Gasteiger partial charge < -0.3 is 15.5 Å². The lowest BCUT2D eigenvalue weighted by Crippen LogP contribution is -2.55. The maximum absolute atomic E-state index is 13.0. The number of rotatable bonds is 3. The van der Waals surface area contributed by atoms with Crippen molar-refractivity contribution in [2.45, 2.75) is 82.7 Å². The fourth-order valence-corrected chi connectivity index (χ4v) is 4.32. The van der Waals surface area contributed by atoms with Gasteiger partial charge in [0.15, 0.2) is 0 Å². The Morgan fingerprint density at radius 3 is 2.89 bits per heavy atom. The van der Waals surface area contributed by atoms with Gasteiger partial charge in [0.25, 0.3) is 0 Å². The predicted molar refractivity (Wildman–Crippen MR) is 104 cm³/mol. The number of amides is 3. The number of nitrogens with one attached hydrogen (secondary N) is 2. The molecule has 3 amide bonds. The topological polar surface area (TPSA) is 78.5 Å². The fraction of sp³-hybridized carbons (Fsp3) is 0.762. The monoisotopic (exact) mass is 375 g/mol. The van der Waals surface area contributed by atoms with Crippen molar-refractivity contribution in [3.63, 3.8) is 0 Å². The second kappa shape index (κ2) is 8.89. The van der Waals surface area contributed by atoms with Gasteiger partial charge in [0.1, 0.15) is 11.6 Å². The van der Waals surface area contributed by atoms with Gasteiger partial charge in [-0.15, -0.1) is 0 Å². The van der Waals surface area contributed by atoms with Crippen molar-refractivity contribution in [2.24, 2.45) is 5.92 Å². The van der Waals surface area contributed by atoms with E-state index in [2.05, 4.69) is 22.8 Å². The van der Waals surface area contributed by atoms with Crippen molar-refractivity contribution in [1.82, 2.24) is 15.5 Å². The maximum Gasteiger partial charge on any atom is 0.246 e.